The number of carbonyl (C=O) groups is 2. The maximum atomic E-state index is 11.9. The fourth-order valence-corrected chi connectivity index (χ4v) is 2.65. The lowest BCUT2D eigenvalue weighted by atomic mass is 9.98. The third-order valence-electron chi connectivity index (χ3n) is 3.39. The zero-order chi connectivity index (χ0) is 14.6. The molecule has 20 heavy (non-hydrogen) atoms. The van der Waals surface area contributed by atoms with E-state index in [2.05, 4.69) is 21.2 Å². The number of nitrogens with one attached hydrogen (secondary N) is 1. The number of ether oxygens (including phenoxy) is 1. The summed E-state index contributed by atoms with van der Waals surface area (Å²) in [6, 6.07) is 7.66. The van der Waals surface area contributed by atoms with E-state index in [9.17, 15) is 14.7 Å². The molecule has 2 N–H and O–H groups in total. The molecule has 108 valence electrons. The quantitative estimate of drug-likeness (QED) is 0.855. The van der Waals surface area contributed by atoms with Crippen molar-refractivity contribution >= 4 is 27.8 Å². The highest BCUT2D eigenvalue weighted by Gasteiger charge is 2.43. The van der Waals surface area contributed by atoms with Gasteiger partial charge in [-0.1, -0.05) is 34.1 Å². The molecule has 1 aromatic carbocycles. The molecular weight excluding hydrogens is 326 g/mol. The van der Waals surface area contributed by atoms with Gasteiger partial charge in [-0.2, -0.15) is 0 Å². The SMILES string of the molecule is O=C(CCc1ccccc1Br)NC1(C(=O)O)CCOC1. The van der Waals surface area contributed by atoms with Crippen LogP contribution in [-0.2, 0) is 20.7 Å². The van der Waals surface area contributed by atoms with Gasteiger partial charge in [-0.15, -0.1) is 0 Å². The Labute approximate surface area is 125 Å². The van der Waals surface area contributed by atoms with E-state index in [4.69, 9.17) is 4.74 Å². The number of aliphatic carboxylic acids is 1. The summed E-state index contributed by atoms with van der Waals surface area (Å²) in [4.78, 5) is 23.2. The Balaban J connectivity index is 1.92. The van der Waals surface area contributed by atoms with Crippen molar-refractivity contribution in [2.75, 3.05) is 13.2 Å². The van der Waals surface area contributed by atoms with Crippen molar-refractivity contribution < 1.29 is 19.4 Å². The fraction of sp³-hybridized carbons (Fsp3) is 0.429. The van der Waals surface area contributed by atoms with Crippen molar-refractivity contribution in [1.29, 1.82) is 0 Å². The van der Waals surface area contributed by atoms with Crippen molar-refractivity contribution in [1.82, 2.24) is 5.32 Å². The van der Waals surface area contributed by atoms with E-state index >= 15 is 0 Å². The van der Waals surface area contributed by atoms with Crippen molar-refractivity contribution in [3.8, 4) is 0 Å². The van der Waals surface area contributed by atoms with Crippen molar-refractivity contribution in [2.24, 2.45) is 0 Å². The van der Waals surface area contributed by atoms with E-state index in [1.54, 1.807) is 0 Å². The van der Waals surface area contributed by atoms with E-state index in [0.29, 0.717) is 19.4 Å². The third-order valence-corrected chi connectivity index (χ3v) is 4.16. The summed E-state index contributed by atoms with van der Waals surface area (Å²) in [5.41, 5.74) is -0.236. The molecule has 0 aliphatic carbocycles. The second kappa shape index (κ2) is 6.37. The van der Waals surface area contributed by atoms with Gasteiger partial charge in [0.05, 0.1) is 6.61 Å². The van der Waals surface area contributed by atoms with Gasteiger partial charge in [-0.3, -0.25) is 4.79 Å². The fourth-order valence-electron chi connectivity index (χ4n) is 2.16. The molecule has 1 amide bonds. The Hall–Kier alpha value is -1.40. The lowest BCUT2D eigenvalue weighted by Crippen LogP contribution is -2.55. The topological polar surface area (TPSA) is 75.6 Å². The Morgan fingerprint density at radius 3 is 2.75 bits per heavy atom. The van der Waals surface area contributed by atoms with Crippen LogP contribution in [0.4, 0.5) is 0 Å². The van der Waals surface area contributed by atoms with Crippen molar-refractivity contribution in [3.05, 3.63) is 34.3 Å². The molecule has 6 heteroatoms. The van der Waals surface area contributed by atoms with Gasteiger partial charge in [0.15, 0.2) is 5.54 Å². The van der Waals surface area contributed by atoms with Crippen LogP contribution in [0.5, 0.6) is 0 Å². The minimum Gasteiger partial charge on any atom is -0.479 e. The molecule has 1 fully saturated rings. The number of benzene rings is 1. The standard InChI is InChI=1S/C14H16BrNO4/c15-11-4-2-1-3-10(11)5-6-12(17)16-14(13(18)19)7-8-20-9-14/h1-4H,5-9H2,(H,16,17)(H,18,19). The summed E-state index contributed by atoms with van der Waals surface area (Å²) in [6.45, 7) is 0.389. The largest absolute Gasteiger partial charge is 0.479 e. The highest BCUT2D eigenvalue weighted by atomic mass is 79.9. The third kappa shape index (κ3) is 3.37. The molecule has 2 rings (SSSR count). The maximum absolute atomic E-state index is 11.9. The number of hydrogen-bond donors (Lipinski definition) is 2. The average Bonchev–Trinajstić information content (AvgIpc) is 2.88. The molecule has 0 saturated carbocycles. The van der Waals surface area contributed by atoms with E-state index < -0.39 is 11.5 Å². The minimum atomic E-state index is -1.26. The van der Waals surface area contributed by atoms with Crippen molar-refractivity contribution in [2.45, 2.75) is 24.8 Å². The molecule has 5 nitrogen and oxygen atoms in total. The lowest BCUT2D eigenvalue weighted by Gasteiger charge is -2.23. The number of carbonyl (C=O) groups excluding carboxylic acids is 1. The van der Waals surface area contributed by atoms with Crippen LogP contribution in [0, 0.1) is 0 Å². The first kappa shape index (κ1) is 15.0. The van der Waals surface area contributed by atoms with Crippen LogP contribution in [-0.4, -0.2) is 35.7 Å². The van der Waals surface area contributed by atoms with Crippen LogP contribution in [0.2, 0.25) is 0 Å². The molecular formula is C14H16BrNO4. The second-order valence-corrected chi connectivity index (χ2v) is 5.68. The number of aryl methyl sites for hydroxylation is 1. The average molecular weight is 342 g/mol. The zero-order valence-electron chi connectivity index (χ0n) is 10.9. The summed E-state index contributed by atoms with van der Waals surface area (Å²) < 4.78 is 6.05. The Bertz CT molecular complexity index is 512. The number of amides is 1. The van der Waals surface area contributed by atoms with Crippen LogP contribution >= 0.6 is 15.9 Å². The van der Waals surface area contributed by atoms with E-state index in [-0.39, 0.29) is 18.9 Å². The van der Waals surface area contributed by atoms with E-state index in [0.717, 1.165) is 10.0 Å². The number of hydrogen-bond acceptors (Lipinski definition) is 3. The van der Waals surface area contributed by atoms with Gasteiger partial charge in [0, 0.05) is 23.9 Å². The highest BCUT2D eigenvalue weighted by molar-refractivity contribution is 9.10. The van der Waals surface area contributed by atoms with E-state index in [1.165, 1.54) is 0 Å². The minimum absolute atomic E-state index is 0.0309. The Morgan fingerprint density at radius 2 is 2.15 bits per heavy atom. The molecule has 1 unspecified atom stereocenters. The van der Waals surface area contributed by atoms with Crippen LogP contribution in [0.25, 0.3) is 0 Å². The summed E-state index contributed by atoms with van der Waals surface area (Å²) in [6.07, 6.45) is 1.12. The predicted octanol–water partition coefficient (Wildman–Crippen LogP) is 1.74. The number of halogens is 1. The van der Waals surface area contributed by atoms with Crippen LogP contribution < -0.4 is 5.32 Å². The summed E-state index contributed by atoms with van der Waals surface area (Å²) in [5, 5.41) is 11.8. The van der Waals surface area contributed by atoms with Gasteiger partial charge in [-0.05, 0) is 18.1 Å². The molecule has 1 saturated heterocycles. The van der Waals surface area contributed by atoms with E-state index in [1.807, 2.05) is 24.3 Å². The molecule has 1 aliphatic heterocycles. The van der Waals surface area contributed by atoms with Gasteiger partial charge in [0.1, 0.15) is 0 Å². The predicted molar refractivity (Wildman–Crippen MR) is 76.4 cm³/mol. The lowest BCUT2D eigenvalue weighted by molar-refractivity contribution is -0.147. The smallest absolute Gasteiger partial charge is 0.331 e. The Morgan fingerprint density at radius 1 is 1.40 bits per heavy atom. The van der Waals surface area contributed by atoms with Gasteiger partial charge >= 0.3 is 5.97 Å². The summed E-state index contributed by atoms with van der Waals surface area (Å²) in [5.74, 6) is -1.31. The maximum Gasteiger partial charge on any atom is 0.331 e. The number of carboxylic acid groups (broad SMARTS) is 1. The summed E-state index contributed by atoms with van der Waals surface area (Å²) in [7, 11) is 0. The first-order valence-electron chi connectivity index (χ1n) is 6.39. The van der Waals surface area contributed by atoms with Gasteiger partial charge in [0.25, 0.3) is 0 Å². The molecule has 1 aliphatic rings. The molecule has 0 bridgehead atoms. The highest BCUT2D eigenvalue weighted by Crippen LogP contribution is 2.20. The normalized spacial score (nSPS) is 21.6. The van der Waals surface area contributed by atoms with Crippen molar-refractivity contribution in [3.63, 3.8) is 0 Å². The molecule has 1 heterocycles. The monoisotopic (exact) mass is 341 g/mol. The molecule has 0 spiro atoms. The molecule has 1 atom stereocenters. The van der Waals surface area contributed by atoms with Crippen LogP contribution in [0.3, 0.4) is 0 Å². The Kier molecular flexibility index (Phi) is 4.77. The first-order valence-corrected chi connectivity index (χ1v) is 7.18. The van der Waals surface area contributed by atoms with Gasteiger partial charge in [0.2, 0.25) is 5.91 Å². The molecule has 0 aromatic heterocycles. The molecule has 1 aromatic rings. The second-order valence-electron chi connectivity index (χ2n) is 4.83. The number of rotatable bonds is 5. The van der Waals surface area contributed by atoms with Crippen LogP contribution in [0.15, 0.2) is 28.7 Å². The van der Waals surface area contributed by atoms with Gasteiger partial charge in [-0.25, -0.2) is 4.79 Å². The molecule has 0 radical (unpaired) electrons. The first-order chi connectivity index (χ1) is 9.53. The van der Waals surface area contributed by atoms with Gasteiger partial charge < -0.3 is 15.2 Å². The zero-order valence-corrected chi connectivity index (χ0v) is 12.5. The van der Waals surface area contributed by atoms with Crippen LogP contribution in [0.1, 0.15) is 18.4 Å². The number of carboxylic acids is 1. The summed E-state index contributed by atoms with van der Waals surface area (Å²) >= 11 is 3.42.